The molecule has 0 saturated carbocycles. The van der Waals surface area contributed by atoms with Gasteiger partial charge in [0.15, 0.2) is 0 Å². The average Bonchev–Trinajstić information content (AvgIpc) is 2.58. The number of carbonyl (C=O) groups is 2. The number of carboxylic acids is 1. The third kappa shape index (κ3) is 3.05. The summed E-state index contributed by atoms with van der Waals surface area (Å²) < 4.78 is 1.57. The summed E-state index contributed by atoms with van der Waals surface area (Å²) in [7, 11) is 1.70. The van der Waals surface area contributed by atoms with Gasteiger partial charge in [-0.15, -0.1) is 0 Å². The number of rotatable bonds is 3. The van der Waals surface area contributed by atoms with Crippen LogP contribution in [-0.4, -0.2) is 43.5 Å². The van der Waals surface area contributed by atoms with Crippen molar-refractivity contribution in [2.45, 2.75) is 26.3 Å². The molecule has 17 heavy (non-hydrogen) atoms. The lowest BCUT2D eigenvalue weighted by atomic mass is 10.1. The summed E-state index contributed by atoms with van der Waals surface area (Å²) in [5.41, 5.74) is -0.180. The molecule has 0 aromatic carbocycles. The SMILES string of the molecule is Cn1cncc1C(=O)N(CC(=O)O)C(C)(C)C. The second-order valence-corrected chi connectivity index (χ2v) is 4.85. The summed E-state index contributed by atoms with van der Waals surface area (Å²) in [6, 6.07) is 0. The number of amides is 1. The average molecular weight is 239 g/mol. The number of carbonyl (C=O) groups excluding carboxylic acids is 1. The first-order chi connectivity index (χ1) is 7.73. The molecule has 1 rings (SSSR count). The minimum Gasteiger partial charge on any atom is -0.480 e. The second-order valence-electron chi connectivity index (χ2n) is 4.85. The quantitative estimate of drug-likeness (QED) is 0.844. The normalized spacial score (nSPS) is 11.3. The third-order valence-electron chi connectivity index (χ3n) is 2.38. The van der Waals surface area contributed by atoms with E-state index in [2.05, 4.69) is 4.98 Å². The Labute approximate surface area is 99.9 Å². The molecule has 1 N–H and O–H groups in total. The number of aliphatic carboxylic acids is 1. The van der Waals surface area contributed by atoms with Crippen molar-refractivity contribution >= 4 is 11.9 Å². The van der Waals surface area contributed by atoms with E-state index in [0.29, 0.717) is 5.69 Å². The zero-order valence-electron chi connectivity index (χ0n) is 10.5. The van der Waals surface area contributed by atoms with Gasteiger partial charge in [0.1, 0.15) is 12.2 Å². The van der Waals surface area contributed by atoms with Crippen LogP contribution in [0.4, 0.5) is 0 Å². The van der Waals surface area contributed by atoms with Gasteiger partial charge in [0.25, 0.3) is 5.91 Å². The lowest BCUT2D eigenvalue weighted by Crippen LogP contribution is -2.48. The van der Waals surface area contributed by atoms with Crippen LogP contribution in [0.25, 0.3) is 0 Å². The zero-order valence-corrected chi connectivity index (χ0v) is 10.5. The smallest absolute Gasteiger partial charge is 0.323 e. The van der Waals surface area contributed by atoms with Gasteiger partial charge in [-0.2, -0.15) is 0 Å². The molecule has 0 atom stereocenters. The zero-order chi connectivity index (χ0) is 13.2. The van der Waals surface area contributed by atoms with Crippen molar-refractivity contribution in [1.29, 1.82) is 0 Å². The second kappa shape index (κ2) is 4.57. The Kier molecular flexibility index (Phi) is 3.55. The van der Waals surface area contributed by atoms with Gasteiger partial charge in [0.2, 0.25) is 0 Å². The van der Waals surface area contributed by atoms with E-state index in [4.69, 9.17) is 5.11 Å². The summed E-state index contributed by atoms with van der Waals surface area (Å²) in [6.45, 7) is 5.06. The van der Waals surface area contributed by atoms with Crippen LogP contribution in [-0.2, 0) is 11.8 Å². The first-order valence-corrected chi connectivity index (χ1v) is 5.23. The highest BCUT2D eigenvalue weighted by Gasteiger charge is 2.30. The van der Waals surface area contributed by atoms with Gasteiger partial charge >= 0.3 is 5.97 Å². The molecule has 0 aliphatic heterocycles. The number of hydrogen-bond acceptors (Lipinski definition) is 3. The first kappa shape index (κ1) is 13.2. The Morgan fingerprint density at radius 2 is 2.06 bits per heavy atom. The molecular formula is C11H17N3O3. The van der Waals surface area contributed by atoms with E-state index in [1.807, 2.05) is 0 Å². The van der Waals surface area contributed by atoms with Gasteiger partial charge in [-0.25, -0.2) is 4.98 Å². The van der Waals surface area contributed by atoms with Crippen LogP contribution < -0.4 is 0 Å². The molecule has 0 unspecified atom stereocenters. The molecule has 6 heteroatoms. The van der Waals surface area contributed by atoms with Crippen molar-refractivity contribution in [2.24, 2.45) is 7.05 Å². The molecule has 94 valence electrons. The molecular weight excluding hydrogens is 222 g/mol. The van der Waals surface area contributed by atoms with Crippen LogP contribution in [0.15, 0.2) is 12.5 Å². The van der Waals surface area contributed by atoms with E-state index in [0.717, 1.165) is 0 Å². The molecule has 1 amide bonds. The fraction of sp³-hybridized carbons (Fsp3) is 0.545. The molecule has 6 nitrogen and oxygen atoms in total. The summed E-state index contributed by atoms with van der Waals surface area (Å²) in [5, 5.41) is 8.85. The predicted molar refractivity (Wildman–Crippen MR) is 61.6 cm³/mol. The van der Waals surface area contributed by atoms with Crippen LogP contribution >= 0.6 is 0 Å². The number of aromatic nitrogens is 2. The van der Waals surface area contributed by atoms with Crippen molar-refractivity contribution in [3.63, 3.8) is 0 Å². The largest absolute Gasteiger partial charge is 0.480 e. The Morgan fingerprint density at radius 3 is 2.41 bits per heavy atom. The Balaban J connectivity index is 3.04. The molecule has 0 spiro atoms. The molecule has 0 fully saturated rings. The molecule has 1 aromatic heterocycles. The van der Waals surface area contributed by atoms with Crippen LogP contribution in [0.2, 0.25) is 0 Å². The maximum atomic E-state index is 12.2. The van der Waals surface area contributed by atoms with E-state index in [9.17, 15) is 9.59 Å². The molecule has 0 radical (unpaired) electrons. The summed E-state index contributed by atoms with van der Waals surface area (Å²) in [6.07, 6.45) is 2.94. The van der Waals surface area contributed by atoms with Gasteiger partial charge in [-0.3, -0.25) is 9.59 Å². The number of imidazole rings is 1. The summed E-state index contributed by atoms with van der Waals surface area (Å²) in [5.74, 6) is -1.37. The number of carboxylic acid groups (broad SMARTS) is 1. The minimum atomic E-state index is -1.03. The Bertz CT molecular complexity index is 431. The summed E-state index contributed by atoms with van der Waals surface area (Å²) >= 11 is 0. The fourth-order valence-electron chi connectivity index (χ4n) is 1.45. The van der Waals surface area contributed by atoms with Gasteiger partial charge in [-0.05, 0) is 20.8 Å². The molecule has 0 aliphatic rings. The van der Waals surface area contributed by atoms with E-state index in [1.54, 1.807) is 32.4 Å². The highest BCUT2D eigenvalue weighted by atomic mass is 16.4. The third-order valence-corrected chi connectivity index (χ3v) is 2.38. The maximum Gasteiger partial charge on any atom is 0.323 e. The highest BCUT2D eigenvalue weighted by molar-refractivity contribution is 5.94. The van der Waals surface area contributed by atoms with E-state index in [-0.39, 0.29) is 12.5 Å². The number of hydrogen-bond donors (Lipinski definition) is 1. The van der Waals surface area contributed by atoms with Crippen molar-refractivity contribution in [3.05, 3.63) is 18.2 Å². The van der Waals surface area contributed by atoms with E-state index in [1.165, 1.54) is 17.4 Å². The lowest BCUT2D eigenvalue weighted by molar-refractivity contribution is -0.138. The molecule has 0 bridgehead atoms. The molecule has 0 aliphatic carbocycles. The summed E-state index contributed by atoms with van der Waals surface area (Å²) in [4.78, 5) is 28.2. The van der Waals surface area contributed by atoms with E-state index >= 15 is 0 Å². The fourth-order valence-corrected chi connectivity index (χ4v) is 1.45. The molecule has 1 heterocycles. The Hall–Kier alpha value is -1.85. The molecule has 0 saturated heterocycles. The predicted octanol–water partition coefficient (Wildman–Crippen LogP) is 0.745. The maximum absolute atomic E-state index is 12.2. The van der Waals surface area contributed by atoms with Gasteiger partial charge < -0.3 is 14.6 Å². The minimum absolute atomic E-state index is 0.326. The monoisotopic (exact) mass is 239 g/mol. The van der Waals surface area contributed by atoms with Gasteiger partial charge in [0, 0.05) is 12.6 Å². The van der Waals surface area contributed by atoms with Crippen LogP contribution in [0.3, 0.4) is 0 Å². The Morgan fingerprint density at radius 1 is 1.47 bits per heavy atom. The van der Waals surface area contributed by atoms with Gasteiger partial charge in [0.05, 0.1) is 12.5 Å². The number of aryl methyl sites for hydroxylation is 1. The van der Waals surface area contributed by atoms with Crippen LogP contribution in [0.5, 0.6) is 0 Å². The standard InChI is InChI=1S/C11H17N3O3/c1-11(2,3)14(6-9(15)16)10(17)8-5-12-7-13(8)4/h5,7H,6H2,1-4H3,(H,15,16). The highest BCUT2D eigenvalue weighted by Crippen LogP contribution is 2.16. The van der Waals surface area contributed by atoms with Crippen molar-refractivity contribution < 1.29 is 14.7 Å². The van der Waals surface area contributed by atoms with E-state index < -0.39 is 11.5 Å². The number of nitrogens with zero attached hydrogens (tertiary/aromatic N) is 3. The van der Waals surface area contributed by atoms with Crippen molar-refractivity contribution in [1.82, 2.24) is 14.5 Å². The topological polar surface area (TPSA) is 75.4 Å². The van der Waals surface area contributed by atoms with Gasteiger partial charge in [-0.1, -0.05) is 0 Å². The molecule has 1 aromatic rings. The van der Waals surface area contributed by atoms with Crippen LogP contribution in [0, 0.1) is 0 Å². The first-order valence-electron chi connectivity index (χ1n) is 5.23. The lowest BCUT2D eigenvalue weighted by Gasteiger charge is -2.34. The van der Waals surface area contributed by atoms with Crippen molar-refractivity contribution in [3.8, 4) is 0 Å². The van der Waals surface area contributed by atoms with Crippen molar-refractivity contribution in [2.75, 3.05) is 6.54 Å². The van der Waals surface area contributed by atoms with Crippen LogP contribution in [0.1, 0.15) is 31.3 Å².